The van der Waals surface area contributed by atoms with Crippen LogP contribution in [0.15, 0.2) is 40.3 Å². The maximum Gasteiger partial charge on any atom is 0.245 e. The molecule has 0 saturated carbocycles. The number of hydrogen-bond acceptors (Lipinski definition) is 12. The zero-order chi connectivity index (χ0) is 38.1. The molecule has 1 aromatic carbocycles. The van der Waals surface area contributed by atoms with E-state index in [0.29, 0.717) is 24.9 Å². The third-order valence-corrected chi connectivity index (χ3v) is 7.40. The van der Waals surface area contributed by atoms with Crippen molar-refractivity contribution in [1.29, 1.82) is 0 Å². The van der Waals surface area contributed by atoms with Crippen molar-refractivity contribution in [2.75, 3.05) is 26.2 Å². The van der Waals surface area contributed by atoms with Crippen LogP contribution in [0.1, 0.15) is 39.2 Å². The molecule has 0 aliphatic carbocycles. The fourth-order valence-corrected chi connectivity index (χ4v) is 4.55. The third-order valence-electron chi connectivity index (χ3n) is 7.40. The van der Waals surface area contributed by atoms with Crippen molar-refractivity contribution in [3.63, 3.8) is 0 Å². The highest BCUT2D eigenvalue weighted by Crippen LogP contribution is 2.10. The van der Waals surface area contributed by atoms with Crippen molar-refractivity contribution in [3.8, 4) is 0 Å². The van der Waals surface area contributed by atoms with E-state index in [9.17, 15) is 38.7 Å². The van der Waals surface area contributed by atoms with E-state index in [0.717, 1.165) is 0 Å². The van der Waals surface area contributed by atoms with Gasteiger partial charge in [-0.25, -0.2) is 0 Å². The van der Waals surface area contributed by atoms with Gasteiger partial charge in [-0.1, -0.05) is 30.3 Å². The molecule has 0 saturated heterocycles. The second-order valence-electron chi connectivity index (χ2n) is 11.7. The van der Waals surface area contributed by atoms with Crippen molar-refractivity contribution in [3.05, 3.63) is 35.9 Å². The Kier molecular flexibility index (Phi) is 16.9. The van der Waals surface area contributed by atoms with Crippen molar-refractivity contribution >= 4 is 53.1 Å². The Morgan fingerprint density at radius 2 is 1.55 bits per heavy atom. The smallest absolute Gasteiger partial charge is 0.245 e. The first-order valence-corrected chi connectivity index (χ1v) is 16.2. The van der Waals surface area contributed by atoms with Crippen LogP contribution in [0.25, 0.3) is 0 Å². The van der Waals surface area contributed by atoms with Crippen molar-refractivity contribution in [1.82, 2.24) is 37.2 Å². The van der Waals surface area contributed by atoms with Crippen LogP contribution in [-0.2, 0) is 40.0 Å². The van der Waals surface area contributed by atoms with E-state index in [1.165, 1.54) is 20.8 Å². The molecule has 1 heterocycles. The Morgan fingerprint density at radius 3 is 2.18 bits per heavy atom. The molecule has 280 valence electrons. The first-order valence-electron chi connectivity index (χ1n) is 16.2. The molecule has 1 aliphatic heterocycles. The van der Waals surface area contributed by atoms with Crippen LogP contribution in [0.4, 0.5) is 0 Å². The zero-order valence-corrected chi connectivity index (χ0v) is 28.7. The second-order valence-corrected chi connectivity index (χ2v) is 11.7. The van der Waals surface area contributed by atoms with E-state index in [1.807, 2.05) is 0 Å². The molecule has 0 fully saturated rings. The van der Waals surface area contributed by atoms with Gasteiger partial charge >= 0.3 is 0 Å². The number of aliphatic hydroxyl groups excluding tert-OH is 1. The van der Waals surface area contributed by atoms with Gasteiger partial charge in [0.15, 0.2) is 5.96 Å². The van der Waals surface area contributed by atoms with Gasteiger partial charge in [-0.3, -0.25) is 43.5 Å². The van der Waals surface area contributed by atoms with Gasteiger partial charge in [-0.15, -0.1) is 0 Å². The van der Waals surface area contributed by atoms with Gasteiger partial charge in [0.2, 0.25) is 41.4 Å². The van der Waals surface area contributed by atoms with E-state index >= 15 is 0 Å². The summed E-state index contributed by atoms with van der Waals surface area (Å²) in [5.74, 6) is -4.89. The molecule has 20 heteroatoms. The summed E-state index contributed by atoms with van der Waals surface area (Å²) in [6, 6.07) is 3.32. The molecule has 2 rings (SSSR count). The van der Waals surface area contributed by atoms with Crippen LogP contribution in [0.2, 0.25) is 0 Å². The molecule has 0 bridgehead atoms. The first-order chi connectivity index (χ1) is 24.1. The lowest BCUT2D eigenvalue weighted by atomic mass is 10.0. The van der Waals surface area contributed by atoms with Gasteiger partial charge in [0.25, 0.3) is 0 Å². The van der Waals surface area contributed by atoms with Gasteiger partial charge in [-0.2, -0.15) is 0 Å². The van der Waals surface area contributed by atoms with Crippen LogP contribution >= 0.6 is 0 Å². The van der Waals surface area contributed by atoms with Crippen LogP contribution in [0.5, 0.6) is 0 Å². The number of primary amides is 1. The minimum absolute atomic E-state index is 0.0176. The number of hydrogen-bond donors (Lipinski definition) is 11. The van der Waals surface area contributed by atoms with Crippen LogP contribution in [-0.4, -0.2) is 121 Å². The van der Waals surface area contributed by atoms with Crippen LogP contribution in [0.3, 0.4) is 0 Å². The van der Waals surface area contributed by atoms with Crippen molar-refractivity contribution in [2.45, 2.75) is 76.3 Å². The molecule has 0 aromatic heterocycles. The summed E-state index contributed by atoms with van der Waals surface area (Å²) in [5, 5.41) is 27.6. The number of nitrogens with zero attached hydrogens (tertiary/aromatic N) is 2. The number of nitrogens with two attached hydrogens (primary N) is 3. The number of carbonyl (C=O) groups excluding carboxylic acids is 7. The lowest BCUT2D eigenvalue weighted by Gasteiger charge is -2.26. The Morgan fingerprint density at radius 1 is 0.902 bits per heavy atom. The maximum atomic E-state index is 13.6. The molecule has 1 aliphatic rings. The average Bonchev–Trinajstić information content (AvgIpc) is 3.08. The molecular formula is C31H48N12O8. The summed E-state index contributed by atoms with van der Waals surface area (Å²) in [6.07, 6.45) is -0.507. The maximum absolute atomic E-state index is 13.6. The molecule has 6 atom stereocenters. The second kappa shape index (κ2) is 20.8. The number of amides is 7. The summed E-state index contributed by atoms with van der Waals surface area (Å²) < 4.78 is 0. The van der Waals surface area contributed by atoms with Crippen LogP contribution in [0, 0.1) is 0 Å². The number of guanidine groups is 1. The lowest BCUT2D eigenvalue weighted by molar-refractivity contribution is -0.133. The molecule has 20 nitrogen and oxygen atoms in total. The zero-order valence-electron chi connectivity index (χ0n) is 28.7. The predicted octanol–water partition coefficient (Wildman–Crippen LogP) is -5.27. The Balaban J connectivity index is 2.28. The topological polar surface area (TPSA) is 327 Å². The molecule has 0 unspecified atom stereocenters. The predicted molar refractivity (Wildman–Crippen MR) is 185 cm³/mol. The molecule has 7 amide bonds. The number of carbonyl (C=O) groups is 7. The van der Waals surface area contributed by atoms with E-state index in [1.54, 1.807) is 30.3 Å². The van der Waals surface area contributed by atoms with Gasteiger partial charge < -0.3 is 59.5 Å². The largest absolute Gasteiger partial charge is 0.391 e. The van der Waals surface area contributed by atoms with Gasteiger partial charge in [-0.05, 0) is 39.2 Å². The fourth-order valence-electron chi connectivity index (χ4n) is 4.55. The number of nitrogens with one attached hydrogen (secondary N) is 7. The highest BCUT2D eigenvalue weighted by atomic mass is 16.3. The normalized spacial score (nSPS) is 18.0. The summed E-state index contributed by atoms with van der Waals surface area (Å²) in [5.41, 5.74) is 17.2. The molecule has 0 spiro atoms. The molecular weight excluding hydrogens is 668 g/mol. The standard InChI is InChI=1S/C31H48N12O8/c1-16(26(33)48)39-30(51)25(18(3)44)42-24(47)15-37-29(50)21(12-19-8-5-4-6-9-19)40-27-20(10-7-11-35-31(34)43-27)41-28(49)17(2)38-23(46)14-36-22(45)13-32/h4-6,8-9,16-18,20-21,25,44H,7,10-15,32H2,1-3H3,(H2,33,48)(H,36,45)(H,37,50)(H,38,46)(H,39,51)(H,41,49)(H,42,47)(H3,34,35,40,43)/t16-,17-,18+,20-,21-,25-/m0/s1. The van der Waals surface area contributed by atoms with Crippen molar-refractivity contribution in [2.24, 2.45) is 27.2 Å². The van der Waals surface area contributed by atoms with E-state index in [4.69, 9.17) is 17.2 Å². The molecule has 51 heavy (non-hydrogen) atoms. The lowest BCUT2D eigenvalue weighted by Crippen LogP contribution is -2.57. The number of amidine groups is 1. The number of rotatable bonds is 17. The van der Waals surface area contributed by atoms with E-state index < -0.39 is 84.2 Å². The Bertz CT molecular complexity index is 1470. The van der Waals surface area contributed by atoms with Gasteiger partial charge in [0, 0.05) is 13.0 Å². The minimum Gasteiger partial charge on any atom is -0.391 e. The fraction of sp³-hybridized carbons (Fsp3) is 0.516. The Labute approximate surface area is 294 Å². The highest BCUT2D eigenvalue weighted by molar-refractivity contribution is 6.04. The van der Waals surface area contributed by atoms with E-state index in [2.05, 4.69) is 47.2 Å². The third kappa shape index (κ3) is 14.8. The Hall–Kier alpha value is -5.63. The van der Waals surface area contributed by atoms with Gasteiger partial charge in [0.05, 0.1) is 31.8 Å². The molecule has 1 aromatic rings. The number of benzene rings is 1. The summed E-state index contributed by atoms with van der Waals surface area (Å²) in [4.78, 5) is 95.9. The SMILES string of the molecule is C[C@H](NC(=O)[C@@H](NC(=O)CNC(=O)[C@H](Cc1ccccc1)N=C1NC(N)=NCCC[C@@H]1NC(=O)[C@H](C)NC(=O)CNC(=O)CN)[C@@H](C)O)C(N)=O. The van der Waals surface area contributed by atoms with Gasteiger partial charge in [0.1, 0.15) is 30.0 Å². The molecule has 0 radical (unpaired) electrons. The summed E-state index contributed by atoms with van der Waals surface area (Å²) >= 11 is 0. The number of aliphatic imine (C=N–C) groups is 2. The number of aliphatic hydroxyl groups is 1. The molecule has 14 N–H and O–H groups in total. The monoisotopic (exact) mass is 716 g/mol. The average molecular weight is 717 g/mol. The first kappa shape index (κ1) is 41.5. The highest BCUT2D eigenvalue weighted by Gasteiger charge is 2.30. The summed E-state index contributed by atoms with van der Waals surface area (Å²) in [6.45, 7) is 3.08. The minimum atomic E-state index is -1.46. The quantitative estimate of drug-likeness (QED) is 0.0723. The van der Waals surface area contributed by atoms with Crippen molar-refractivity contribution < 1.29 is 38.7 Å². The van der Waals surface area contributed by atoms with Crippen LogP contribution < -0.4 is 54.4 Å². The van der Waals surface area contributed by atoms with E-state index in [-0.39, 0.29) is 31.3 Å². The summed E-state index contributed by atoms with van der Waals surface area (Å²) in [7, 11) is 0.